The monoisotopic (exact) mass is 178 g/mol. The van der Waals surface area contributed by atoms with Crippen LogP contribution in [0.15, 0.2) is 0 Å². The first-order valence-electron chi connectivity index (χ1n) is 3.81. The fraction of sp³-hybridized carbons (Fsp3) is 0.857. The molecule has 0 bridgehead atoms. The van der Waals surface area contributed by atoms with Gasteiger partial charge in [0.1, 0.15) is 6.67 Å². The molecule has 0 saturated carbocycles. The van der Waals surface area contributed by atoms with E-state index in [0.29, 0.717) is 6.42 Å². The van der Waals surface area contributed by atoms with Gasteiger partial charge in [-0.15, -0.1) is 0 Å². The van der Waals surface area contributed by atoms with Crippen LogP contribution < -0.4 is 11.1 Å². The van der Waals surface area contributed by atoms with Crippen molar-refractivity contribution in [1.29, 1.82) is 0 Å². The molecule has 2 atom stereocenters. The van der Waals surface area contributed by atoms with Gasteiger partial charge in [0.25, 0.3) is 0 Å². The number of rotatable bonds is 6. The summed E-state index contributed by atoms with van der Waals surface area (Å²) in [5.41, 5.74) is 4.89. The van der Waals surface area contributed by atoms with E-state index in [4.69, 9.17) is 10.8 Å². The minimum atomic E-state index is -1.06. The van der Waals surface area contributed by atoms with Gasteiger partial charge in [0.05, 0.1) is 6.10 Å². The summed E-state index contributed by atoms with van der Waals surface area (Å²) in [6.45, 7) is -0.815. The molecule has 0 aromatic heterocycles. The predicted molar refractivity (Wildman–Crippen MR) is 43.3 cm³/mol. The van der Waals surface area contributed by atoms with Gasteiger partial charge in [0.2, 0.25) is 5.91 Å². The van der Waals surface area contributed by atoms with E-state index in [9.17, 15) is 9.18 Å². The molecule has 0 rings (SSSR count). The number of alkyl halides is 1. The topological polar surface area (TPSA) is 75.3 Å². The Bertz CT molecular complexity index is 143. The number of halogens is 1. The highest BCUT2D eigenvalue weighted by molar-refractivity contribution is 5.73. The summed E-state index contributed by atoms with van der Waals surface area (Å²) in [5.74, 6) is -0.443. The number of nitrogens with two attached hydrogens (primary N) is 1. The Morgan fingerprint density at radius 3 is 2.67 bits per heavy atom. The van der Waals surface area contributed by atoms with Crippen LogP contribution in [0.25, 0.3) is 0 Å². The molecule has 12 heavy (non-hydrogen) atoms. The minimum Gasteiger partial charge on any atom is -0.389 e. The summed E-state index contributed by atoms with van der Waals surface area (Å²) in [4.78, 5) is 10.3. The summed E-state index contributed by atoms with van der Waals surface area (Å²) in [7, 11) is 1.60. The Kier molecular flexibility index (Phi) is 5.57. The molecular formula is C7H15FN2O2. The average molecular weight is 178 g/mol. The van der Waals surface area contributed by atoms with Crippen LogP contribution in [0.1, 0.15) is 12.8 Å². The molecule has 5 heteroatoms. The van der Waals surface area contributed by atoms with Crippen LogP contribution in [0.4, 0.5) is 4.39 Å². The van der Waals surface area contributed by atoms with E-state index < -0.39 is 24.7 Å². The molecule has 4 nitrogen and oxygen atoms in total. The van der Waals surface area contributed by atoms with Crippen LogP contribution in [0.5, 0.6) is 0 Å². The second kappa shape index (κ2) is 5.91. The van der Waals surface area contributed by atoms with Gasteiger partial charge in [0.15, 0.2) is 0 Å². The van der Waals surface area contributed by atoms with Crippen molar-refractivity contribution in [2.45, 2.75) is 25.0 Å². The van der Waals surface area contributed by atoms with Crippen LogP contribution in [-0.2, 0) is 4.79 Å². The molecule has 0 aliphatic heterocycles. The quantitative estimate of drug-likeness (QED) is 0.497. The maximum absolute atomic E-state index is 11.9. The van der Waals surface area contributed by atoms with E-state index in [1.165, 1.54) is 0 Å². The van der Waals surface area contributed by atoms with E-state index in [1.807, 2.05) is 0 Å². The molecule has 72 valence electrons. The van der Waals surface area contributed by atoms with Crippen LogP contribution in [-0.4, -0.2) is 36.9 Å². The predicted octanol–water partition coefficient (Wildman–Crippen LogP) is -0.830. The van der Waals surface area contributed by atoms with Crippen molar-refractivity contribution in [2.24, 2.45) is 5.73 Å². The summed E-state index contributed by atoms with van der Waals surface area (Å²) in [5, 5.41) is 11.8. The molecule has 0 spiro atoms. The van der Waals surface area contributed by atoms with Gasteiger partial charge in [-0.1, -0.05) is 0 Å². The molecule has 0 saturated heterocycles. The highest BCUT2D eigenvalue weighted by atomic mass is 19.1. The number of hydrogen-bond donors (Lipinski definition) is 3. The molecule has 0 radical (unpaired) electrons. The van der Waals surface area contributed by atoms with E-state index in [-0.39, 0.29) is 6.42 Å². The first kappa shape index (κ1) is 11.3. The lowest BCUT2D eigenvalue weighted by atomic mass is 10.1. The Balaban J connectivity index is 3.74. The molecular weight excluding hydrogens is 163 g/mol. The Morgan fingerprint density at radius 1 is 1.75 bits per heavy atom. The lowest BCUT2D eigenvalue weighted by Crippen LogP contribution is -2.39. The summed E-state index contributed by atoms with van der Waals surface area (Å²) >= 11 is 0. The second-order valence-corrected chi connectivity index (χ2v) is 2.62. The zero-order valence-corrected chi connectivity index (χ0v) is 7.09. The maximum Gasteiger partial charge on any atom is 0.217 e. The third kappa shape index (κ3) is 4.25. The van der Waals surface area contributed by atoms with Crippen molar-refractivity contribution < 1.29 is 14.3 Å². The SMILES string of the molecule is CNC(CCC(N)=O)C(O)CF. The Labute approximate surface area is 70.9 Å². The molecule has 2 unspecified atom stereocenters. The highest BCUT2D eigenvalue weighted by Gasteiger charge is 2.17. The van der Waals surface area contributed by atoms with E-state index in [0.717, 1.165) is 0 Å². The van der Waals surface area contributed by atoms with Gasteiger partial charge >= 0.3 is 0 Å². The van der Waals surface area contributed by atoms with Crippen LogP contribution in [0, 0.1) is 0 Å². The normalized spacial score (nSPS) is 15.6. The summed E-state index contributed by atoms with van der Waals surface area (Å²) in [6, 6.07) is -0.400. The maximum atomic E-state index is 11.9. The molecule has 0 aromatic carbocycles. The van der Waals surface area contributed by atoms with Gasteiger partial charge in [0, 0.05) is 12.5 Å². The van der Waals surface area contributed by atoms with Crippen LogP contribution in [0.2, 0.25) is 0 Å². The zero-order chi connectivity index (χ0) is 9.56. The fourth-order valence-electron chi connectivity index (χ4n) is 0.934. The molecule has 0 aliphatic carbocycles. The third-order valence-corrected chi connectivity index (χ3v) is 1.70. The zero-order valence-electron chi connectivity index (χ0n) is 7.09. The number of carbonyl (C=O) groups is 1. The number of primary amides is 1. The van der Waals surface area contributed by atoms with Gasteiger partial charge < -0.3 is 16.2 Å². The van der Waals surface area contributed by atoms with Crippen molar-refractivity contribution in [3.05, 3.63) is 0 Å². The number of nitrogens with one attached hydrogen (secondary N) is 1. The van der Waals surface area contributed by atoms with Crippen LogP contribution >= 0.6 is 0 Å². The average Bonchev–Trinajstić information content (AvgIpc) is 2.04. The van der Waals surface area contributed by atoms with Gasteiger partial charge in [-0.2, -0.15) is 0 Å². The van der Waals surface area contributed by atoms with Gasteiger partial charge in [-0.3, -0.25) is 4.79 Å². The highest BCUT2D eigenvalue weighted by Crippen LogP contribution is 2.02. The smallest absolute Gasteiger partial charge is 0.217 e. The fourth-order valence-corrected chi connectivity index (χ4v) is 0.934. The number of hydrogen-bond acceptors (Lipinski definition) is 3. The van der Waals surface area contributed by atoms with Crippen molar-refractivity contribution in [3.63, 3.8) is 0 Å². The Hall–Kier alpha value is -0.680. The summed E-state index contributed by atoms with van der Waals surface area (Å²) in [6.07, 6.45) is -0.547. The lowest BCUT2D eigenvalue weighted by molar-refractivity contribution is -0.118. The largest absolute Gasteiger partial charge is 0.389 e. The minimum absolute atomic E-state index is 0.155. The summed E-state index contributed by atoms with van der Waals surface area (Å²) < 4.78 is 11.9. The molecule has 0 fully saturated rings. The van der Waals surface area contributed by atoms with E-state index in [2.05, 4.69) is 5.32 Å². The van der Waals surface area contributed by atoms with Gasteiger partial charge in [-0.25, -0.2) is 4.39 Å². The van der Waals surface area contributed by atoms with Crippen molar-refractivity contribution in [2.75, 3.05) is 13.7 Å². The number of amides is 1. The van der Waals surface area contributed by atoms with Crippen molar-refractivity contribution in [1.82, 2.24) is 5.32 Å². The molecule has 1 amide bonds. The molecule has 4 N–H and O–H groups in total. The second-order valence-electron chi connectivity index (χ2n) is 2.62. The van der Waals surface area contributed by atoms with E-state index >= 15 is 0 Å². The first-order chi connectivity index (χ1) is 5.61. The molecule has 0 aliphatic rings. The van der Waals surface area contributed by atoms with Gasteiger partial charge in [-0.05, 0) is 13.5 Å². The van der Waals surface area contributed by atoms with E-state index in [1.54, 1.807) is 7.05 Å². The number of aliphatic hydroxyl groups excluding tert-OH is 1. The first-order valence-corrected chi connectivity index (χ1v) is 3.81. The van der Waals surface area contributed by atoms with Crippen LogP contribution in [0.3, 0.4) is 0 Å². The Morgan fingerprint density at radius 2 is 2.33 bits per heavy atom. The number of likely N-dealkylation sites (N-methyl/N-ethyl adjacent to an activating group) is 1. The third-order valence-electron chi connectivity index (χ3n) is 1.70. The number of carbonyl (C=O) groups excluding carboxylic acids is 1. The molecule has 0 aromatic rings. The number of aliphatic hydroxyl groups is 1. The lowest BCUT2D eigenvalue weighted by Gasteiger charge is -2.18. The van der Waals surface area contributed by atoms with Crippen molar-refractivity contribution in [3.8, 4) is 0 Å². The molecule has 0 heterocycles. The van der Waals surface area contributed by atoms with Crippen molar-refractivity contribution >= 4 is 5.91 Å². The standard InChI is InChI=1S/C7H15FN2O2/c1-10-5(6(11)4-8)2-3-7(9)12/h5-6,10-11H,2-4H2,1H3,(H2,9,12).